The van der Waals surface area contributed by atoms with Crippen LogP contribution < -0.4 is 0 Å². The van der Waals surface area contributed by atoms with Crippen LogP contribution in [-0.2, 0) is 0 Å². The highest BCUT2D eigenvalue weighted by Crippen LogP contribution is 2.20. The summed E-state index contributed by atoms with van der Waals surface area (Å²) in [6, 6.07) is 2.23. The standard InChI is InChI=1S/C15H27N3/c16-8-2-1-3-9-17-12-6-15(7-13-17)14-18-10-4-5-11-18/h15H,1-7,9-14H2. The van der Waals surface area contributed by atoms with E-state index in [2.05, 4.69) is 15.9 Å². The summed E-state index contributed by atoms with van der Waals surface area (Å²) in [5.41, 5.74) is 0. The van der Waals surface area contributed by atoms with E-state index in [-0.39, 0.29) is 0 Å². The molecule has 0 saturated carbocycles. The molecule has 0 radical (unpaired) electrons. The zero-order chi connectivity index (χ0) is 12.6. The van der Waals surface area contributed by atoms with Crippen LogP contribution in [0.4, 0.5) is 0 Å². The van der Waals surface area contributed by atoms with Crippen LogP contribution in [0.3, 0.4) is 0 Å². The van der Waals surface area contributed by atoms with Gasteiger partial charge in [-0.1, -0.05) is 0 Å². The van der Waals surface area contributed by atoms with Gasteiger partial charge in [0, 0.05) is 13.0 Å². The van der Waals surface area contributed by atoms with Gasteiger partial charge in [-0.15, -0.1) is 0 Å². The highest BCUT2D eigenvalue weighted by molar-refractivity contribution is 4.77. The van der Waals surface area contributed by atoms with Gasteiger partial charge in [-0.05, 0) is 77.2 Å². The van der Waals surface area contributed by atoms with Crippen LogP contribution in [0, 0.1) is 17.2 Å². The summed E-state index contributed by atoms with van der Waals surface area (Å²) < 4.78 is 0. The van der Waals surface area contributed by atoms with Crippen LogP contribution in [-0.4, -0.2) is 49.1 Å². The number of hydrogen-bond acceptors (Lipinski definition) is 3. The van der Waals surface area contributed by atoms with Crippen molar-refractivity contribution in [3.05, 3.63) is 0 Å². The van der Waals surface area contributed by atoms with Crippen molar-refractivity contribution in [2.45, 2.75) is 44.9 Å². The number of piperidine rings is 1. The molecule has 2 heterocycles. The third kappa shape index (κ3) is 4.59. The highest BCUT2D eigenvalue weighted by atomic mass is 15.2. The molecule has 0 aromatic carbocycles. The predicted octanol–water partition coefficient (Wildman–Crippen LogP) is 2.49. The molecule has 2 fully saturated rings. The minimum atomic E-state index is 0.728. The van der Waals surface area contributed by atoms with Gasteiger partial charge < -0.3 is 9.80 Å². The van der Waals surface area contributed by atoms with Crippen molar-refractivity contribution in [1.29, 1.82) is 5.26 Å². The molecule has 0 spiro atoms. The first kappa shape index (κ1) is 13.8. The molecule has 0 unspecified atom stereocenters. The Kier molecular flexibility index (Phi) is 5.96. The SMILES string of the molecule is N#CCCCCN1CCC(CN2CCCC2)CC1. The molecular formula is C15H27N3. The second kappa shape index (κ2) is 7.76. The van der Waals surface area contributed by atoms with E-state index in [1.165, 1.54) is 71.4 Å². The summed E-state index contributed by atoms with van der Waals surface area (Å²) in [4.78, 5) is 5.26. The molecule has 3 nitrogen and oxygen atoms in total. The lowest BCUT2D eigenvalue weighted by Gasteiger charge is -2.33. The Morgan fingerprint density at radius 3 is 2.33 bits per heavy atom. The quantitative estimate of drug-likeness (QED) is 0.678. The van der Waals surface area contributed by atoms with Crippen LogP contribution in [0.2, 0.25) is 0 Å². The van der Waals surface area contributed by atoms with Gasteiger partial charge in [-0.25, -0.2) is 0 Å². The lowest BCUT2D eigenvalue weighted by Crippen LogP contribution is -2.38. The van der Waals surface area contributed by atoms with Gasteiger partial charge in [-0.3, -0.25) is 0 Å². The van der Waals surface area contributed by atoms with Gasteiger partial charge in [0.15, 0.2) is 0 Å². The fraction of sp³-hybridized carbons (Fsp3) is 0.933. The van der Waals surface area contributed by atoms with Crippen molar-refractivity contribution in [1.82, 2.24) is 9.80 Å². The summed E-state index contributed by atoms with van der Waals surface area (Å²) in [5, 5.41) is 8.51. The van der Waals surface area contributed by atoms with Crippen molar-refractivity contribution in [3.63, 3.8) is 0 Å². The molecule has 18 heavy (non-hydrogen) atoms. The van der Waals surface area contributed by atoms with Crippen LogP contribution in [0.5, 0.6) is 0 Å². The molecule has 0 aromatic heterocycles. The van der Waals surface area contributed by atoms with E-state index in [0.717, 1.165) is 18.8 Å². The number of hydrogen-bond donors (Lipinski definition) is 0. The Morgan fingerprint density at radius 2 is 1.67 bits per heavy atom. The minimum Gasteiger partial charge on any atom is -0.303 e. The number of nitriles is 1. The molecule has 0 aromatic rings. The van der Waals surface area contributed by atoms with Crippen LogP contribution in [0.25, 0.3) is 0 Å². The lowest BCUT2D eigenvalue weighted by molar-refractivity contribution is 0.152. The van der Waals surface area contributed by atoms with E-state index in [9.17, 15) is 0 Å². The van der Waals surface area contributed by atoms with Gasteiger partial charge in [0.2, 0.25) is 0 Å². The van der Waals surface area contributed by atoms with E-state index in [4.69, 9.17) is 5.26 Å². The van der Waals surface area contributed by atoms with Crippen LogP contribution in [0.1, 0.15) is 44.9 Å². The van der Waals surface area contributed by atoms with Crippen LogP contribution in [0.15, 0.2) is 0 Å². The molecule has 0 atom stereocenters. The summed E-state index contributed by atoms with van der Waals surface area (Å²) in [6.45, 7) is 7.80. The zero-order valence-electron chi connectivity index (χ0n) is 11.6. The average Bonchev–Trinajstić information content (AvgIpc) is 2.89. The molecule has 2 rings (SSSR count). The van der Waals surface area contributed by atoms with Crippen molar-refractivity contribution < 1.29 is 0 Å². The van der Waals surface area contributed by atoms with Crippen molar-refractivity contribution >= 4 is 0 Å². The molecule has 2 saturated heterocycles. The van der Waals surface area contributed by atoms with E-state index in [0.29, 0.717) is 0 Å². The second-order valence-electron chi connectivity index (χ2n) is 5.91. The van der Waals surface area contributed by atoms with Gasteiger partial charge in [0.1, 0.15) is 0 Å². The molecule has 2 aliphatic rings. The first-order valence-corrected chi connectivity index (χ1v) is 7.70. The van der Waals surface area contributed by atoms with Gasteiger partial charge in [0.25, 0.3) is 0 Å². The predicted molar refractivity (Wildman–Crippen MR) is 74.3 cm³/mol. The Labute approximate surface area is 112 Å². The molecular weight excluding hydrogens is 222 g/mol. The Balaban J connectivity index is 1.55. The third-order valence-electron chi connectivity index (χ3n) is 4.44. The molecule has 2 aliphatic heterocycles. The average molecular weight is 249 g/mol. The number of rotatable bonds is 6. The van der Waals surface area contributed by atoms with E-state index in [1.54, 1.807) is 0 Å². The summed E-state index contributed by atoms with van der Waals surface area (Å²) >= 11 is 0. The summed E-state index contributed by atoms with van der Waals surface area (Å²) in [5.74, 6) is 0.943. The molecule has 0 amide bonds. The van der Waals surface area contributed by atoms with Crippen molar-refractivity contribution in [2.24, 2.45) is 5.92 Å². The number of likely N-dealkylation sites (tertiary alicyclic amines) is 2. The number of nitrogens with zero attached hydrogens (tertiary/aromatic N) is 3. The van der Waals surface area contributed by atoms with Gasteiger partial charge in [-0.2, -0.15) is 5.26 Å². The minimum absolute atomic E-state index is 0.728. The molecule has 102 valence electrons. The lowest BCUT2D eigenvalue weighted by atomic mass is 9.96. The highest BCUT2D eigenvalue weighted by Gasteiger charge is 2.22. The zero-order valence-corrected chi connectivity index (χ0v) is 11.6. The van der Waals surface area contributed by atoms with E-state index >= 15 is 0 Å². The fourth-order valence-corrected chi connectivity index (χ4v) is 3.26. The Hall–Kier alpha value is -0.590. The first-order valence-electron chi connectivity index (χ1n) is 7.70. The third-order valence-corrected chi connectivity index (χ3v) is 4.44. The maximum absolute atomic E-state index is 8.51. The summed E-state index contributed by atoms with van der Waals surface area (Å²) in [7, 11) is 0. The smallest absolute Gasteiger partial charge is 0.0621 e. The monoisotopic (exact) mass is 249 g/mol. The maximum atomic E-state index is 8.51. The maximum Gasteiger partial charge on any atom is 0.0621 e. The van der Waals surface area contributed by atoms with Crippen LogP contribution >= 0.6 is 0 Å². The topological polar surface area (TPSA) is 30.3 Å². The first-order chi connectivity index (χ1) is 8.88. The molecule has 0 N–H and O–H groups in total. The van der Waals surface area contributed by atoms with Gasteiger partial charge in [0.05, 0.1) is 6.07 Å². The normalized spacial score (nSPS) is 23.3. The Bertz CT molecular complexity index is 257. The van der Waals surface area contributed by atoms with E-state index in [1.807, 2.05) is 0 Å². The van der Waals surface area contributed by atoms with Crippen molar-refractivity contribution in [3.8, 4) is 6.07 Å². The fourth-order valence-electron chi connectivity index (χ4n) is 3.26. The molecule has 3 heteroatoms. The van der Waals surface area contributed by atoms with Gasteiger partial charge >= 0.3 is 0 Å². The summed E-state index contributed by atoms with van der Waals surface area (Å²) in [6.07, 6.45) is 8.60. The second-order valence-corrected chi connectivity index (χ2v) is 5.91. The molecule has 0 bridgehead atoms. The largest absolute Gasteiger partial charge is 0.303 e. The Morgan fingerprint density at radius 1 is 0.944 bits per heavy atom. The van der Waals surface area contributed by atoms with Crippen molar-refractivity contribution in [2.75, 3.05) is 39.3 Å². The van der Waals surface area contributed by atoms with E-state index < -0.39 is 0 Å². The number of unbranched alkanes of at least 4 members (excludes halogenated alkanes) is 2. The molecule has 0 aliphatic carbocycles.